The van der Waals surface area contributed by atoms with Crippen molar-refractivity contribution in [1.82, 2.24) is 20.6 Å². The van der Waals surface area contributed by atoms with Crippen molar-refractivity contribution in [3.8, 4) is 0 Å². The summed E-state index contributed by atoms with van der Waals surface area (Å²) in [4.78, 5) is 34.8. The van der Waals surface area contributed by atoms with Gasteiger partial charge in [-0.3, -0.25) is 9.59 Å². The van der Waals surface area contributed by atoms with Gasteiger partial charge in [-0.25, -0.2) is 9.97 Å². The van der Waals surface area contributed by atoms with Gasteiger partial charge in [-0.2, -0.15) is 0 Å². The van der Waals surface area contributed by atoms with Crippen molar-refractivity contribution in [2.45, 2.75) is 57.0 Å². The van der Waals surface area contributed by atoms with Crippen LogP contribution in [0.25, 0.3) is 10.2 Å². The van der Waals surface area contributed by atoms with Gasteiger partial charge in [0.1, 0.15) is 16.2 Å². The summed E-state index contributed by atoms with van der Waals surface area (Å²) in [6, 6.07) is 0.265. The smallest absolute Gasteiger partial charge is 0.239 e. The predicted molar refractivity (Wildman–Crippen MR) is 106 cm³/mol. The highest BCUT2D eigenvalue weighted by Crippen LogP contribution is 2.34. The molecule has 26 heavy (non-hydrogen) atoms. The van der Waals surface area contributed by atoms with Crippen LogP contribution in [-0.2, 0) is 9.59 Å². The summed E-state index contributed by atoms with van der Waals surface area (Å²) in [5.74, 6) is -0.0360. The third kappa shape index (κ3) is 4.73. The Bertz CT molecular complexity index is 800. The molecule has 8 heteroatoms. The molecule has 1 aliphatic carbocycles. The Morgan fingerprint density at radius 3 is 2.73 bits per heavy atom. The van der Waals surface area contributed by atoms with Gasteiger partial charge in [0.2, 0.25) is 11.8 Å². The number of amides is 2. The van der Waals surface area contributed by atoms with E-state index in [0.717, 1.165) is 28.1 Å². The summed E-state index contributed by atoms with van der Waals surface area (Å²) in [6.07, 6.45) is 7.21. The standard InChI is InChI=1S/C18H24N4O2S2/c1-11-12(2)26-18-16(11)17(20-10-21-18)25-9-15(24)19-8-14(23)22-13-6-4-3-5-7-13/h10,13H,3-9H2,1-2H3,(H,19,24)(H,22,23). The normalized spacial score (nSPS) is 15.2. The molecular weight excluding hydrogens is 368 g/mol. The van der Waals surface area contributed by atoms with E-state index in [0.29, 0.717) is 0 Å². The number of fused-ring (bicyclic) bond motifs is 1. The Hall–Kier alpha value is -1.67. The fraction of sp³-hybridized carbons (Fsp3) is 0.556. The first kappa shape index (κ1) is 19.1. The van der Waals surface area contributed by atoms with Crippen molar-refractivity contribution in [2.75, 3.05) is 12.3 Å². The molecule has 1 saturated carbocycles. The number of rotatable bonds is 6. The molecule has 2 aromatic heterocycles. The summed E-state index contributed by atoms with van der Waals surface area (Å²) in [6.45, 7) is 4.15. The monoisotopic (exact) mass is 392 g/mol. The average Bonchev–Trinajstić information content (AvgIpc) is 2.94. The van der Waals surface area contributed by atoms with E-state index in [1.807, 2.05) is 0 Å². The van der Waals surface area contributed by atoms with E-state index in [1.54, 1.807) is 11.3 Å². The van der Waals surface area contributed by atoms with Crippen LogP contribution in [0.15, 0.2) is 11.4 Å². The summed E-state index contributed by atoms with van der Waals surface area (Å²) in [5, 5.41) is 7.55. The predicted octanol–water partition coefficient (Wildman–Crippen LogP) is 2.97. The number of hydrogen-bond acceptors (Lipinski definition) is 6. The van der Waals surface area contributed by atoms with E-state index in [4.69, 9.17) is 0 Å². The Kier molecular flexibility index (Phi) is 6.48. The molecule has 2 aromatic rings. The van der Waals surface area contributed by atoms with Crippen molar-refractivity contribution in [3.05, 3.63) is 16.8 Å². The molecule has 0 saturated heterocycles. The lowest BCUT2D eigenvalue weighted by atomic mass is 9.95. The number of nitrogens with zero attached hydrogens (tertiary/aromatic N) is 2. The number of carbonyl (C=O) groups excluding carboxylic acids is 2. The lowest BCUT2D eigenvalue weighted by Crippen LogP contribution is -2.43. The second kappa shape index (κ2) is 8.81. The zero-order chi connectivity index (χ0) is 18.5. The van der Waals surface area contributed by atoms with Crippen molar-refractivity contribution >= 4 is 45.1 Å². The average molecular weight is 393 g/mol. The molecule has 2 amide bonds. The Morgan fingerprint density at radius 1 is 1.19 bits per heavy atom. The van der Waals surface area contributed by atoms with Crippen LogP contribution in [0.2, 0.25) is 0 Å². The Morgan fingerprint density at radius 2 is 1.96 bits per heavy atom. The van der Waals surface area contributed by atoms with Gasteiger partial charge in [-0.05, 0) is 32.3 Å². The molecule has 3 rings (SSSR count). The largest absolute Gasteiger partial charge is 0.352 e. The van der Waals surface area contributed by atoms with Crippen molar-refractivity contribution < 1.29 is 9.59 Å². The molecule has 2 heterocycles. The lowest BCUT2D eigenvalue weighted by molar-refractivity contribution is -0.125. The topological polar surface area (TPSA) is 84.0 Å². The molecule has 0 spiro atoms. The van der Waals surface area contributed by atoms with E-state index in [1.165, 1.54) is 47.8 Å². The van der Waals surface area contributed by atoms with Crippen LogP contribution in [0, 0.1) is 13.8 Å². The number of nitrogens with one attached hydrogen (secondary N) is 2. The van der Waals surface area contributed by atoms with E-state index in [9.17, 15) is 9.59 Å². The number of aryl methyl sites for hydroxylation is 2. The number of thiophene rings is 1. The molecule has 0 aromatic carbocycles. The van der Waals surface area contributed by atoms with E-state index >= 15 is 0 Å². The lowest BCUT2D eigenvalue weighted by Gasteiger charge is -2.22. The number of aromatic nitrogens is 2. The molecule has 0 atom stereocenters. The molecule has 1 aliphatic rings. The highest BCUT2D eigenvalue weighted by molar-refractivity contribution is 8.00. The molecule has 1 fully saturated rings. The van der Waals surface area contributed by atoms with Crippen LogP contribution in [0.4, 0.5) is 0 Å². The van der Waals surface area contributed by atoms with E-state index < -0.39 is 0 Å². The molecule has 0 aliphatic heterocycles. The van der Waals surface area contributed by atoms with Crippen molar-refractivity contribution in [1.29, 1.82) is 0 Å². The summed E-state index contributed by atoms with van der Waals surface area (Å²) >= 11 is 3.02. The first-order chi connectivity index (χ1) is 12.5. The van der Waals surface area contributed by atoms with Gasteiger partial charge in [0.15, 0.2) is 0 Å². The maximum Gasteiger partial charge on any atom is 0.239 e. The minimum atomic E-state index is -0.162. The van der Waals surface area contributed by atoms with Gasteiger partial charge in [0, 0.05) is 16.3 Å². The molecule has 6 nitrogen and oxygen atoms in total. The molecule has 140 valence electrons. The highest BCUT2D eigenvalue weighted by atomic mass is 32.2. The highest BCUT2D eigenvalue weighted by Gasteiger charge is 2.17. The Balaban J connectivity index is 1.48. The van der Waals surface area contributed by atoms with E-state index in [-0.39, 0.29) is 30.2 Å². The minimum absolute atomic E-state index is 0.0334. The van der Waals surface area contributed by atoms with Gasteiger partial charge in [-0.1, -0.05) is 31.0 Å². The third-order valence-corrected chi connectivity index (χ3v) is 6.79. The van der Waals surface area contributed by atoms with Crippen LogP contribution < -0.4 is 10.6 Å². The van der Waals surface area contributed by atoms with Crippen LogP contribution in [0.3, 0.4) is 0 Å². The maximum absolute atomic E-state index is 12.1. The van der Waals surface area contributed by atoms with Crippen LogP contribution in [0.1, 0.15) is 42.5 Å². The fourth-order valence-corrected chi connectivity index (χ4v) is 5.10. The first-order valence-electron chi connectivity index (χ1n) is 8.94. The zero-order valence-electron chi connectivity index (χ0n) is 15.1. The molecule has 0 bridgehead atoms. The maximum atomic E-state index is 12.1. The Labute approximate surface area is 161 Å². The van der Waals surface area contributed by atoms with Gasteiger partial charge >= 0.3 is 0 Å². The fourth-order valence-electron chi connectivity index (χ4n) is 3.15. The van der Waals surface area contributed by atoms with Gasteiger partial charge in [0.25, 0.3) is 0 Å². The zero-order valence-corrected chi connectivity index (χ0v) is 16.8. The second-order valence-electron chi connectivity index (χ2n) is 6.61. The van der Waals surface area contributed by atoms with Crippen molar-refractivity contribution in [2.24, 2.45) is 0 Å². The number of thioether (sulfide) groups is 1. The van der Waals surface area contributed by atoms with Gasteiger partial charge < -0.3 is 10.6 Å². The third-order valence-electron chi connectivity index (χ3n) is 4.69. The van der Waals surface area contributed by atoms with Crippen LogP contribution in [0.5, 0.6) is 0 Å². The minimum Gasteiger partial charge on any atom is -0.352 e. The van der Waals surface area contributed by atoms with Crippen LogP contribution >= 0.6 is 23.1 Å². The van der Waals surface area contributed by atoms with Gasteiger partial charge in [-0.15, -0.1) is 11.3 Å². The quantitative estimate of drug-likeness (QED) is 0.583. The molecular formula is C18H24N4O2S2. The number of carbonyl (C=O) groups is 2. The van der Waals surface area contributed by atoms with Gasteiger partial charge in [0.05, 0.1) is 12.3 Å². The SMILES string of the molecule is Cc1sc2ncnc(SCC(=O)NCC(=O)NC3CCCCC3)c2c1C. The molecule has 0 radical (unpaired) electrons. The summed E-state index contributed by atoms with van der Waals surface area (Å²) in [7, 11) is 0. The van der Waals surface area contributed by atoms with E-state index in [2.05, 4.69) is 34.4 Å². The summed E-state index contributed by atoms with van der Waals surface area (Å²) < 4.78 is 0. The molecule has 0 unspecified atom stereocenters. The molecule has 2 N–H and O–H groups in total. The van der Waals surface area contributed by atoms with Crippen LogP contribution in [-0.4, -0.2) is 40.1 Å². The van der Waals surface area contributed by atoms with Crippen molar-refractivity contribution in [3.63, 3.8) is 0 Å². The number of hydrogen-bond donors (Lipinski definition) is 2. The second-order valence-corrected chi connectivity index (χ2v) is 8.78. The summed E-state index contributed by atoms with van der Waals surface area (Å²) in [5.41, 5.74) is 1.17. The first-order valence-corrected chi connectivity index (χ1v) is 10.7.